The molecule has 2 aromatic carbocycles. The number of morpholine rings is 1. The third kappa shape index (κ3) is 3.83. The summed E-state index contributed by atoms with van der Waals surface area (Å²) in [5.41, 5.74) is 4.74. The van der Waals surface area contributed by atoms with Crippen LogP contribution in [0.2, 0.25) is 0 Å². The van der Waals surface area contributed by atoms with Gasteiger partial charge in [-0.2, -0.15) is 5.10 Å². The molecule has 8 nitrogen and oxygen atoms in total. The molecule has 5 rings (SSSR count). The summed E-state index contributed by atoms with van der Waals surface area (Å²) in [5.74, 6) is 1.55. The molecule has 3 N–H and O–H groups in total. The third-order valence-electron chi connectivity index (χ3n) is 5.56. The number of aromatic amines is 2. The van der Waals surface area contributed by atoms with Crippen LogP contribution in [0.1, 0.15) is 6.42 Å². The second-order valence-electron chi connectivity index (χ2n) is 7.54. The number of anilines is 1. The summed E-state index contributed by atoms with van der Waals surface area (Å²) in [6.45, 7) is 5.82. The van der Waals surface area contributed by atoms with E-state index in [0.29, 0.717) is 0 Å². The predicted molar refractivity (Wildman–Crippen MR) is 118 cm³/mol. The minimum Gasteiger partial charge on any atom is -0.497 e. The molecule has 1 aliphatic heterocycles. The van der Waals surface area contributed by atoms with Crippen LogP contribution >= 0.6 is 0 Å². The fourth-order valence-electron chi connectivity index (χ4n) is 3.90. The van der Waals surface area contributed by atoms with E-state index in [-0.39, 0.29) is 0 Å². The van der Waals surface area contributed by atoms with Crippen LogP contribution in [0.5, 0.6) is 5.75 Å². The van der Waals surface area contributed by atoms with E-state index in [0.717, 1.165) is 90.7 Å². The lowest BCUT2D eigenvalue weighted by Crippen LogP contribution is -2.37. The summed E-state index contributed by atoms with van der Waals surface area (Å²) in [6.07, 6.45) is 1.11. The van der Waals surface area contributed by atoms with E-state index in [9.17, 15) is 0 Å². The van der Waals surface area contributed by atoms with E-state index in [1.165, 1.54) is 0 Å². The van der Waals surface area contributed by atoms with Crippen LogP contribution < -0.4 is 10.1 Å². The molecule has 1 aliphatic rings. The third-order valence-corrected chi connectivity index (χ3v) is 5.56. The van der Waals surface area contributed by atoms with Gasteiger partial charge in [0.2, 0.25) is 0 Å². The molecule has 0 bridgehead atoms. The van der Waals surface area contributed by atoms with Gasteiger partial charge >= 0.3 is 0 Å². The predicted octanol–water partition coefficient (Wildman–Crippen LogP) is 3.25. The Morgan fingerprint density at radius 2 is 2.03 bits per heavy atom. The number of ether oxygens (including phenoxy) is 2. The van der Waals surface area contributed by atoms with Crippen LogP contribution in [-0.2, 0) is 4.74 Å². The van der Waals surface area contributed by atoms with Gasteiger partial charge in [0.15, 0.2) is 5.82 Å². The Labute approximate surface area is 174 Å². The average Bonchev–Trinajstić information content (AvgIpc) is 3.40. The lowest BCUT2D eigenvalue weighted by molar-refractivity contribution is 0.0378. The maximum atomic E-state index is 5.40. The second-order valence-corrected chi connectivity index (χ2v) is 7.54. The standard InChI is InChI=1S/C22H26N6O2/c1-29-16-4-5-17-19(14-16)26-27-21(17)22-24-18-6-3-15(13-20(18)25-22)23-7-2-8-28-9-11-30-12-10-28/h3-6,13-14,23H,2,7-12H2,1H3,(H,24,25)(H,26,27). The van der Waals surface area contributed by atoms with Crippen molar-refractivity contribution in [3.05, 3.63) is 36.4 Å². The zero-order chi connectivity index (χ0) is 20.3. The van der Waals surface area contributed by atoms with Gasteiger partial charge in [0.25, 0.3) is 0 Å². The fourth-order valence-corrected chi connectivity index (χ4v) is 3.90. The van der Waals surface area contributed by atoms with Crippen LogP contribution in [0, 0.1) is 0 Å². The molecule has 1 saturated heterocycles. The normalized spacial score (nSPS) is 15.1. The summed E-state index contributed by atoms with van der Waals surface area (Å²) < 4.78 is 10.7. The molecule has 0 spiro atoms. The zero-order valence-electron chi connectivity index (χ0n) is 17.1. The van der Waals surface area contributed by atoms with Gasteiger partial charge in [-0.25, -0.2) is 4.98 Å². The van der Waals surface area contributed by atoms with Gasteiger partial charge in [-0.15, -0.1) is 0 Å². The van der Waals surface area contributed by atoms with Crippen LogP contribution in [0.15, 0.2) is 36.4 Å². The summed E-state index contributed by atoms with van der Waals surface area (Å²) in [5, 5.41) is 12.1. The van der Waals surface area contributed by atoms with E-state index >= 15 is 0 Å². The van der Waals surface area contributed by atoms with E-state index in [4.69, 9.17) is 14.5 Å². The highest BCUT2D eigenvalue weighted by Crippen LogP contribution is 2.29. The number of fused-ring (bicyclic) bond motifs is 2. The highest BCUT2D eigenvalue weighted by molar-refractivity contribution is 5.94. The molecule has 0 radical (unpaired) electrons. The highest BCUT2D eigenvalue weighted by atomic mass is 16.5. The number of nitrogens with zero attached hydrogens (tertiary/aromatic N) is 3. The molecule has 0 amide bonds. The number of aromatic nitrogens is 4. The van der Waals surface area contributed by atoms with E-state index in [1.807, 2.05) is 24.3 Å². The lowest BCUT2D eigenvalue weighted by Gasteiger charge is -2.26. The Morgan fingerprint density at radius 3 is 2.90 bits per heavy atom. The molecule has 3 heterocycles. The first-order valence-corrected chi connectivity index (χ1v) is 10.4. The van der Waals surface area contributed by atoms with Crippen LogP contribution in [0.25, 0.3) is 33.5 Å². The van der Waals surface area contributed by atoms with Crippen molar-refractivity contribution in [2.45, 2.75) is 6.42 Å². The molecular formula is C22H26N6O2. The molecule has 8 heteroatoms. The molecule has 4 aromatic rings. The molecule has 2 aromatic heterocycles. The Hall–Kier alpha value is -3.10. The van der Waals surface area contributed by atoms with Crippen LogP contribution in [0.3, 0.4) is 0 Å². The summed E-state index contributed by atoms with van der Waals surface area (Å²) >= 11 is 0. The molecule has 0 unspecified atom stereocenters. The first kappa shape index (κ1) is 18.9. The number of rotatable bonds is 7. The Bertz CT molecular complexity index is 1150. The van der Waals surface area contributed by atoms with E-state index in [2.05, 4.69) is 37.5 Å². The maximum Gasteiger partial charge on any atom is 0.159 e. The molecule has 156 valence electrons. The van der Waals surface area contributed by atoms with E-state index < -0.39 is 0 Å². The van der Waals surface area contributed by atoms with Gasteiger partial charge in [0.05, 0.1) is 36.9 Å². The lowest BCUT2D eigenvalue weighted by atomic mass is 10.2. The first-order chi connectivity index (χ1) is 14.8. The number of hydrogen-bond acceptors (Lipinski definition) is 6. The van der Waals surface area contributed by atoms with Gasteiger partial charge < -0.3 is 19.8 Å². The average molecular weight is 406 g/mol. The van der Waals surface area contributed by atoms with Gasteiger partial charge in [0, 0.05) is 36.8 Å². The molecule has 0 saturated carbocycles. The van der Waals surface area contributed by atoms with Crippen molar-refractivity contribution in [1.82, 2.24) is 25.1 Å². The smallest absolute Gasteiger partial charge is 0.159 e. The molecule has 30 heavy (non-hydrogen) atoms. The number of methoxy groups -OCH3 is 1. The van der Waals surface area contributed by atoms with Gasteiger partial charge in [-0.1, -0.05) is 0 Å². The van der Waals surface area contributed by atoms with Gasteiger partial charge in [-0.05, 0) is 43.3 Å². The molecule has 0 aliphatic carbocycles. The molecular weight excluding hydrogens is 380 g/mol. The van der Waals surface area contributed by atoms with Crippen molar-refractivity contribution in [2.75, 3.05) is 51.8 Å². The Kier molecular flexibility index (Phi) is 5.25. The Balaban J connectivity index is 1.28. The van der Waals surface area contributed by atoms with Crippen molar-refractivity contribution < 1.29 is 9.47 Å². The quantitative estimate of drug-likeness (QED) is 0.408. The largest absolute Gasteiger partial charge is 0.497 e. The second kappa shape index (κ2) is 8.33. The zero-order valence-corrected chi connectivity index (χ0v) is 17.1. The van der Waals surface area contributed by atoms with Crippen molar-refractivity contribution in [3.8, 4) is 17.3 Å². The SMILES string of the molecule is COc1ccc2c(-c3nc4ccc(NCCCN5CCOCC5)cc4[nH]3)n[nH]c2c1. The molecule has 0 atom stereocenters. The minimum absolute atomic E-state index is 0.755. The summed E-state index contributed by atoms with van der Waals surface area (Å²) in [6, 6.07) is 12.1. The summed E-state index contributed by atoms with van der Waals surface area (Å²) in [4.78, 5) is 10.6. The number of nitrogens with one attached hydrogen (secondary N) is 3. The summed E-state index contributed by atoms with van der Waals surface area (Å²) in [7, 11) is 1.66. The van der Waals surface area contributed by atoms with Crippen LogP contribution in [0.4, 0.5) is 5.69 Å². The monoisotopic (exact) mass is 406 g/mol. The topological polar surface area (TPSA) is 91.1 Å². The number of hydrogen-bond donors (Lipinski definition) is 3. The minimum atomic E-state index is 0.755. The van der Waals surface area contributed by atoms with Crippen LogP contribution in [-0.4, -0.2) is 71.6 Å². The Morgan fingerprint density at radius 1 is 1.13 bits per heavy atom. The van der Waals surface area contributed by atoms with Crippen molar-refractivity contribution in [1.29, 1.82) is 0 Å². The van der Waals surface area contributed by atoms with Gasteiger partial charge in [0.1, 0.15) is 11.4 Å². The first-order valence-electron chi connectivity index (χ1n) is 10.4. The van der Waals surface area contributed by atoms with Crippen molar-refractivity contribution >= 4 is 27.6 Å². The number of benzene rings is 2. The van der Waals surface area contributed by atoms with Crippen molar-refractivity contribution in [2.24, 2.45) is 0 Å². The van der Waals surface area contributed by atoms with E-state index in [1.54, 1.807) is 7.11 Å². The van der Waals surface area contributed by atoms with Crippen molar-refractivity contribution in [3.63, 3.8) is 0 Å². The highest BCUT2D eigenvalue weighted by Gasteiger charge is 2.13. The maximum absolute atomic E-state index is 5.40. The number of imidazole rings is 1. The van der Waals surface area contributed by atoms with Gasteiger partial charge in [-0.3, -0.25) is 10.00 Å². The number of H-pyrrole nitrogens is 2. The fraction of sp³-hybridized carbons (Fsp3) is 0.364. The molecule has 1 fully saturated rings.